The fraction of sp³-hybridized carbons (Fsp3) is 0.417. The van der Waals surface area contributed by atoms with Gasteiger partial charge < -0.3 is 11.1 Å². The highest BCUT2D eigenvalue weighted by Crippen LogP contribution is 2.52. The van der Waals surface area contributed by atoms with Crippen molar-refractivity contribution in [2.45, 2.75) is 20.3 Å². The zero-order valence-corrected chi connectivity index (χ0v) is 9.38. The van der Waals surface area contributed by atoms with Gasteiger partial charge in [-0.1, -0.05) is 13.8 Å². The zero-order valence-electron chi connectivity index (χ0n) is 9.38. The van der Waals surface area contributed by atoms with Crippen molar-refractivity contribution < 1.29 is 9.18 Å². The van der Waals surface area contributed by atoms with Gasteiger partial charge in [0.05, 0.1) is 5.69 Å². The minimum Gasteiger partial charge on any atom is -0.399 e. The summed E-state index contributed by atoms with van der Waals surface area (Å²) in [5, 5.41) is 2.57. The number of carbonyl (C=O) groups excluding carboxylic acids is 1. The molecule has 0 radical (unpaired) electrons. The van der Waals surface area contributed by atoms with Gasteiger partial charge in [0.15, 0.2) is 0 Å². The molecule has 1 aliphatic carbocycles. The van der Waals surface area contributed by atoms with Crippen LogP contribution in [-0.2, 0) is 4.79 Å². The number of nitrogens with one attached hydrogen (secondary N) is 1. The lowest BCUT2D eigenvalue weighted by atomic mass is 10.1. The predicted molar refractivity (Wildman–Crippen MR) is 61.3 cm³/mol. The Kier molecular flexibility index (Phi) is 2.37. The van der Waals surface area contributed by atoms with Gasteiger partial charge in [0.1, 0.15) is 5.82 Å². The van der Waals surface area contributed by atoms with Crippen molar-refractivity contribution in [1.82, 2.24) is 0 Å². The zero-order chi connectivity index (χ0) is 11.9. The first-order chi connectivity index (χ1) is 7.40. The van der Waals surface area contributed by atoms with Crippen molar-refractivity contribution in [1.29, 1.82) is 0 Å². The van der Waals surface area contributed by atoms with Gasteiger partial charge in [-0.25, -0.2) is 4.39 Å². The molecule has 1 atom stereocenters. The van der Waals surface area contributed by atoms with Gasteiger partial charge in [-0.3, -0.25) is 4.79 Å². The van der Waals surface area contributed by atoms with Crippen LogP contribution < -0.4 is 11.1 Å². The average molecular weight is 222 g/mol. The van der Waals surface area contributed by atoms with Gasteiger partial charge in [0.25, 0.3) is 0 Å². The highest BCUT2D eigenvalue weighted by Gasteiger charge is 2.50. The molecule has 3 nitrogen and oxygen atoms in total. The molecule has 86 valence electrons. The summed E-state index contributed by atoms with van der Waals surface area (Å²) in [4.78, 5) is 11.7. The largest absolute Gasteiger partial charge is 0.399 e. The SMILES string of the molecule is CC1(C)CC1C(=O)Nc1cc(N)ccc1F. The van der Waals surface area contributed by atoms with Gasteiger partial charge in [0, 0.05) is 11.6 Å². The van der Waals surface area contributed by atoms with Crippen LogP contribution in [0.1, 0.15) is 20.3 Å². The summed E-state index contributed by atoms with van der Waals surface area (Å²) in [7, 11) is 0. The number of hydrogen-bond donors (Lipinski definition) is 2. The van der Waals surface area contributed by atoms with E-state index in [2.05, 4.69) is 5.32 Å². The van der Waals surface area contributed by atoms with Crippen molar-refractivity contribution in [2.24, 2.45) is 11.3 Å². The lowest BCUT2D eigenvalue weighted by Gasteiger charge is -2.08. The van der Waals surface area contributed by atoms with Crippen LogP contribution in [0, 0.1) is 17.2 Å². The van der Waals surface area contributed by atoms with E-state index in [9.17, 15) is 9.18 Å². The maximum absolute atomic E-state index is 13.3. The van der Waals surface area contributed by atoms with E-state index in [1.54, 1.807) is 0 Å². The number of nitrogen functional groups attached to an aromatic ring is 1. The third kappa shape index (κ3) is 2.01. The second-order valence-electron chi connectivity index (χ2n) is 4.97. The molecule has 1 saturated carbocycles. The molecule has 0 aromatic heterocycles. The summed E-state index contributed by atoms with van der Waals surface area (Å²) >= 11 is 0. The van der Waals surface area contributed by atoms with E-state index in [-0.39, 0.29) is 22.9 Å². The first-order valence-corrected chi connectivity index (χ1v) is 5.26. The van der Waals surface area contributed by atoms with E-state index in [4.69, 9.17) is 5.73 Å². The first kappa shape index (κ1) is 10.9. The highest BCUT2D eigenvalue weighted by atomic mass is 19.1. The standard InChI is InChI=1S/C12H15FN2O/c1-12(2)6-8(12)11(16)15-10-5-7(14)3-4-9(10)13/h3-5,8H,6,14H2,1-2H3,(H,15,16). The normalized spacial score (nSPS) is 21.6. The van der Waals surface area contributed by atoms with Crippen LogP contribution in [0.5, 0.6) is 0 Å². The predicted octanol–water partition coefficient (Wildman–Crippen LogP) is 2.39. The summed E-state index contributed by atoms with van der Waals surface area (Å²) < 4.78 is 13.3. The summed E-state index contributed by atoms with van der Waals surface area (Å²) in [6, 6.07) is 4.15. The Morgan fingerprint density at radius 1 is 1.56 bits per heavy atom. The first-order valence-electron chi connectivity index (χ1n) is 5.26. The molecular weight excluding hydrogens is 207 g/mol. The maximum Gasteiger partial charge on any atom is 0.228 e. The second kappa shape index (κ2) is 3.47. The molecule has 1 amide bonds. The molecule has 16 heavy (non-hydrogen) atoms. The minimum atomic E-state index is -0.457. The van der Waals surface area contributed by atoms with Crippen molar-refractivity contribution >= 4 is 17.3 Å². The summed E-state index contributed by atoms with van der Waals surface area (Å²) in [6.45, 7) is 4.04. The molecule has 0 spiro atoms. The second-order valence-corrected chi connectivity index (χ2v) is 4.97. The van der Waals surface area contributed by atoms with E-state index < -0.39 is 5.82 Å². The average Bonchev–Trinajstić information content (AvgIpc) is 2.82. The molecule has 1 aromatic rings. The molecule has 1 fully saturated rings. The van der Waals surface area contributed by atoms with Crippen LogP contribution in [0.3, 0.4) is 0 Å². The van der Waals surface area contributed by atoms with E-state index in [0.29, 0.717) is 5.69 Å². The Morgan fingerprint density at radius 3 is 2.75 bits per heavy atom. The quantitative estimate of drug-likeness (QED) is 0.755. The van der Waals surface area contributed by atoms with Crippen LogP contribution in [0.15, 0.2) is 18.2 Å². The third-order valence-corrected chi connectivity index (χ3v) is 3.08. The number of carbonyl (C=O) groups is 1. The molecule has 0 saturated heterocycles. The Hall–Kier alpha value is -1.58. The van der Waals surface area contributed by atoms with Crippen molar-refractivity contribution in [3.8, 4) is 0 Å². The van der Waals surface area contributed by atoms with Crippen molar-refractivity contribution in [3.63, 3.8) is 0 Å². The number of rotatable bonds is 2. The van der Waals surface area contributed by atoms with Crippen LogP contribution >= 0.6 is 0 Å². The smallest absolute Gasteiger partial charge is 0.228 e. The number of halogens is 1. The highest BCUT2D eigenvalue weighted by molar-refractivity contribution is 5.95. The van der Waals surface area contributed by atoms with E-state index in [1.165, 1.54) is 18.2 Å². The lowest BCUT2D eigenvalue weighted by molar-refractivity contribution is -0.118. The van der Waals surface area contributed by atoms with E-state index >= 15 is 0 Å². The Bertz CT molecular complexity index is 443. The van der Waals surface area contributed by atoms with Crippen LogP contribution in [0.2, 0.25) is 0 Å². The molecule has 1 aliphatic rings. The molecule has 2 rings (SSSR count). The van der Waals surface area contributed by atoms with Crippen molar-refractivity contribution in [2.75, 3.05) is 11.1 Å². The van der Waals surface area contributed by atoms with E-state index in [0.717, 1.165) is 6.42 Å². The molecule has 0 heterocycles. The molecule has 0 aliphatic heterocycles. The number of anilines is 2. The molecular formula is C12H15FN2O. The monoisotopic (exact) mass is 222 g/mol. The molecule has 1 unspecified atom stereocenters. The van der Waals surface area contributed by atoms with Gasteiger partial charge in [-0.05, 0) is 30.0 Å². The number of hydrogen-bond acceptors (Lipinski definition) is 2. The Morgan fingerprint density at radius 2 is 2.19 bits per heavy atom. The molecule has 4 heteroatoms. The Labute approximate surface area is 93.8 Å². The van der Waals surface area contributed by atoms with Crippen molar-refractivity contribution in [3.05, 3.63) is 24.0 Å². The summed E-state index contributed by atoms with van der Waals surface area (Å²) in [5.74, 6) is -0.608. The van der Waals surface area contributed by atoms with Crippen LogP contribution in [0.25, 0.3) is 0 Å². The lowest BCUT2D eigenvalue weighted by Crippen LogP contribution is -2.17. The van der Waals surface area contributed by atoms with Gasteiger partial charge in [-0.2, -0.15) is 0 Å². The summed E-state index contributed by atoms with van der Waals surface area (Å²) in [5.41, 5.74) is 6.17. The van der Waals surface area contributed by atoms with Crippen LogP contribution in [0.4, 0.5) is 15.8 Å². The minimum absolute atomic E-state index is 0.0201. The maximum atomic E-state index is 13.3. The Balaban J connectivity index is 2.10. The van der Waals surface area contributed by atoms with Gasteiger partial charge >= 0.3 is 0 Å². The third-order valence-electron chi connectivity index (χ3n) is 3.08. The van der Waals surface area contributed by atoms with Gasteiger partial charge in [0.2, 0.25) is 5.91 Å². The number of benzene rings is 1. The summed E-state index contributed by atoms with van der Waals surface area (Å²) in [6.07, 6.45) is 0.850. The van der Waals surface area contributed by atoms with Gasteiger partial charge in [-0.15, -0.1) is 0 Å². The molecule has 3 N–H and O–H groups in total. The number of nitrogens with two attached hydrogens (primary N) is 1. The topological polar surface area (TPSA) is 55.1 Å². The molecule has 0 bridgehead atoms. The fourth-order valence-electron chi connectivity index (χ4n) is 1.77. The van der Waals surface area contributed by atoms with E-state index in [1.807, 2.05) is 13.8 Å². The molecule has 1 aromatic carbocycles. The number of amides is 1. The van der Waals surface area contributed by atoms with Crippen LogP contribution in [-0.4, -0.2) is 5.91 Å². The fourth-order valence-corrected chi connectivity index (χ4v) is 1.77.